The summed E-state index contributed by atoms with van der Waals surface area (Å²) < 4.78 is 62.3. The Kier molecular flexibility index (Phi) is 4.49. The summed E-state index contributed by atoms with van der Waals surface area (Å²) in [7, 11) is -9.12. The van der Waals surface area contributed by atoms with Crippen molar-refractivity contribution in [3.63, 3.8) is 0 Å². The quantitative estimate of drug-likeness (QED) is 0.534. The van der Waals surface area contributed by atoms with E-state index in [0.29, 0.717) is 0 Å². The third-order valence-corrected chi connectivity index (χ3v) is 4.26. The van der Waals surface area contributed by atoms with Gasteiger partial charge in [0.15, 0.2) is 0 Å². The molecule has 0 aliphatic carbocycles. The van der Waals surface area contributed by atoms with Gasteiger partial charge in [-0.1, -0.05) is 0 Å². The third-order valence-electron chi connectivity index (χ3n) is 2.50. The largest absolute Gasteiger partial charge is 0.507 e. The number of hydrogen-bond donors (Lipinski definition) is 3. The van der Waals surface area contributed by atoms with Crippen LogP contribution in [0, 0.1) is 0 Å². The SMILES string of the molecule is O=S(=O)(O)c1ccc2c(O)ccc(S(=O)(=O)O)c2c1.[Cu]. The van der Waals surface area contributed by atoms with Gasteiger partial charge in [-0.05, 0) is 30.3 Å². The summed E-state index contributed by atoms with van der Waals surface area (Å²) in [6, 6.07) is 4.97. The van der Waals surface area contributed by atoms with Crippen LogP contribution in [-0.2, 0) is 37.3 Å². The maximum Gasteiger partial charge on any atom is 0.295 e. The second-order valence-corrected chi connectivity index (χ2v) is 6.55. The molecule has 0 bridgehead atoms. The Balaban J connectivity index is 0.00000200. The van der Waals surface area contributed by atoms with Crippen LogP contribution in [0.5, 0.6) is 5.75 Å². The molecule has 20 heavy (non-hydrogen) atoms. The fourth-order valence-electron chi connectivity index (χ4n) is 1.67. The van der Waals surface area contributed by atoms with Crippen LogP contribution in [0.25, 0.3) is 10.8 Å². The molecule has 10 heteroatoms. The molecule has 2 aromatic rings. The average molecular weight is 368 g/mol. The minimum Gasteiger partial charge on any atom is -0.507 e. The molecule has 2 rings (SSSR count). The number of phenolic OH excluding ortho intramolecular Hbond substituents is 1. The number of aromatic hydroxyl groups is 1. The Hall–Kier alpha value is -1.16. The van der Waals surface area contributed by atoms with Gasteiger partial charge in [-0.15, -0.1) is 0 Å². The van der Waals surface area contributed by atoms with Crippen molar-refractivity contribution in [3.05, 3.63) is 30.3 Å². The molecule has 0 fully saturated rings. The molecule has 2 aromatic carbocycles. The molecule has 7 nitrogen and oxygen atoms in total. The van der Waals surface area contributed by atoms with E-state index in [1.165, 1.54) is 0 Å². The van der Waals surface area contributed by atoms with Gasteiger partial charge in [0, 0.05) is 27.8 Å². The molecule has 0 saturated carbocycles. The zero-order valence-electron chi connectivity index (χ0n) is 9.48. The van der Waals surface area contributed by atoms with Gasteiger partial charge >= 0.3 is 0 Å². The average Bonchev–Trinajstić information content (AvgIpc) is 2.26. The minimum atomic E-state index is -4.60. The van der Waals surface area contributed by atoms with E-state index in [-0.39, 0.29) is 33.6 Å². The van der Waals surface area contributed by atoms with Gasteiger partial charge in [0.1, 0.15) is 10.6 Å². The summed E-state index contributed by atoms with van der Waals surface area (Å²) >= 11 is 0. The Bertz CT molecular complexity index is 872. The van der Waals surface area contributed by atoms with Crippen LogP contribution < -0.4 is 0 Å². The zero-order chi connectivity index (χ0) is 14.4. The van der Waals surface area contributed by atoms with Crippen LogP contribution >= 0.6 is 0 Å². The van der Waals surface area contributed by atoms with Crippen LogP contribution in [0.3, 0.4) is 0 Å². The van der Waals surface area contributed by atoms with Crippen molar-refractivity contribution < 1.29 is 48.1 Å². The van der Waals surface area contributed by atoms with Crippen molar-refractivity contribution in [2.24, 2.45) is 0 Å². The van der Waals surface area contributed by atoms with Gasteiger partial charge in [0.2, 0.25) is 0 Å². The van der Waals surface area contributed by atoms with Crippen molar-refractivity contribution in [2.75, 3.05) is 0 Å². The molecule has 0 heterocycles. The van der Waals surface area contributed by atoms with E-state index < -0.39 is 30.0 Å². The first-order valence-corrected chi connectivity index (χ1v) is 7.69. The Morgan fingerprint density at radius 1 is 0.800 bits per heavy atom. The second-order valence-electron chi connectivity index (χ2n) is 3.74. The molecule has 113 valence electrons. The molecule has 0 aliphatic heterocycles. The van der Waals surface area contributed by atoms with E-state index >= 15 is 0 Å². The predicted octanol–water partition coefficient (Wildman–Crippen LogP) is 1.04. The third kappa shape index (κ3) is 3.11. The number of phenols is 1. The molecular formula is C10H8CuO7S2. The summed E-state index contributed by atoms with van der Waals surface area (Å²) in [5, 5.41) is 9.39. The molecule has 0 aromatic heterocycles. The molecule has 0 atom stereocenters. The van der Waals surface area contributed by atoms with E-state index in [0.717, 1.165) is 30.3 Å². The van der Waals surface area contributed by atoms with Crippen molar-refractivity contribution >= 4 is 31.0 Å². The normalized spacial score (nSPS) is 12.1. The maximum absolute atomic E-state index is 11.2. The van der Waals surface area contributed by atoms with Gasteiger partial charge in [-0.25, -0.2) is 0 Å². The van der Waals surface area contributed by atoms with E-state index in [1.807, 2.05) is 0 Å². The molecule has 3 N–H and O–H groups in total. The fourth-order valence-corrected chi connectivity index (χ4v) is 2.86. The fraction of sp³-hybridized carbons (Fsp3) is 0. The van der Waals surface area contributed by atoms with Crippen LogP contribution in [0.4, 0.5) is 0 Å². The molecule has 0 spiro atoms. The number of benzene rings is 2. The topological polar surface area (TPSA) is 129 Å². The number of hydrogen-bond acceptors (Lipinski definition) is 5. The predicted molar refractivity (Wildman–Crippen MR) is 65.2 cm³/mol. The number of rotatable bonds is 2. The summed E-state index contributed by atoms with van der Waals surface area (Å²) in [6.45, 7) is 0. The molecule has 0 saturated heterocycles. The van der Waals surface area contributed by atoms with Crippen LogP contribution in [-0.4, -0.2) is 31.0 Å². The number of fused-ring (bicyclic) bond motifs is 1. The van der Waals surface area contributed by atoms with Crippen LogP contribution in [0.2, 0.25) is 0 Å². The maximum atomic E-state index is 11.2. The Labute approximate surface area is 125 Å². The summed E-state index contributed by atoms with van der Waals surface area (Å²) in [5.74, 6) is -0.288. The van der Waals surface area contributed by atoms with Gasteiger partial charge in [-0.2, -0.15) is 16.8 Å². The van der Waals surface area contributed by atoms with Crippen molar-refractivity contribution in [3.8, 4) is 5.75 Å². The van der Waals surface area contributed by atoms with E-state index in [4.69, 9.17) is 9.11 Å². The molecule has 0 aliphatic rings. The first kappa shape index (κ1) is 16.9. The first-order valence-electron chi connectivity index (χ1n) is 4.81. The van der Waals surface area contributed by atoms with Crippen molar-refractivity contribution in [1.29, 1.82) is 0 Å². The van der Waals surface area contributed by atoms with Crippen LogP contribution in [0.1, 0.15) is 0 Å². The smallest absolute Gasteiger partial charge is 0.295 e. The van der Waals surface area contributed by atoms with Crippen LogP contribution in [0.15, 0.2) is 40.1 Å². The second kappa shape index (κ2) is 5.32. The standard InChI is InChI=1S/C10H8O7S2.Cu/c11-9-3-4-10(19(15,16)17)8-5-6(18(12,13)14)1-2-7(8)9;/h1-5,11H,(H,12,13,14)(H,15,16,17);. The van der Waals surface area contributed by atoms with Gasteiger partial charge in [0.05, 0.1) is 4.90 Å². The molecule has 0 amide bonds. The van der Waals surface area contributed by atoms with Gasteiger partial charge in [0.25, 0.3) is 20.2 Å². The first-order chi connectivity index (χ1) is 8.60. The van der Waals surface area contributed by atoms with E-state index in [1.54, 1.807) is 0 Å². The van der Waals surface area contributed by atoms with E-state index in [9.17, 15) is 21.9 Å². The molecule has 1 radical (unpaired) electrons. The Morgan fingerprint density at radius 2 is 1.40 bits per heavy atom. The van der Waals surface area contributed by atoms with Crippen molar-refractivity contribution in [2.45, 2.75) is 9.79 Å². The summed E-state index contributed by atoms with van der Waals surface area (Å²) in [6.07, 6.45) is 0. The summed E-state index contributed by atoms with van der Waals surface area (Å²) in [5.41, 5.74) is 0. The zero-order valence-corrected chi connectivity index (χ0v) is 12.1. The summed E-state index contributed by atoms with van der Waals surface area (Å²) in [4.78, 5) is -1.11. The molecular weight excluding hydrogens is 360 g/mol. The van der Waals surface area contributed by atoms with Gasteiger partial charge < -0.3 is 5.11 Å². The molecule has 0 unspecified atom stereocenters. The minimum absolute atomic E-state index is 0. The van der Waals surface area contributed by atoms with E-state index in [2.05, 4.69) is 0 Å². The monoisotopic (exact) mass is 367 g/mol. The van der Waals surface area contributed by atoms with Gasteiger partial charge in [-0.3, -0.25) is 9.11 Å². The Morgan fingerprint density at radius 3 is 1.90 bits per heavy atom. The van der Waals surface area contributed by atoms with Crippen molar-refractivity contribution in [1.82, 2.24) is 0 Å².